The number of ether oxygens (including phenoxy) is 4. The van der Waals surface area contributed by atoms with Crippen LogP contribution in [-0.2, 0) is 0 Å². The number of rotatable bonds is 21. The average molecular weight is 533 g/mol. The van der Waals surface area contributed by atoms with Crippen molar-refractivity contribution in [2.45, 2.75) is 77.7 Å². The van der Waals surface area contributed by atoms with Gasteiger partial charge in [0.25, 0.3) is 0 Å². The summed E-state index contributed by atoms with van der Waals surface area (Å²) in [5, 5.41) is 26.6. The van der Waals surface area contributed by atoms with E-state index in [2.05, 4.69) is 10.6 Å². The largest absolute Gasteiger partial charge is 0.490 e. The van der Waals surface area contributed by atoms with Gasteiger partial charge in [0.05, 0.1) is 13.2 Å². The van der Waals surface area contributed by atoms with Crippen LogP contribution < -0.4 is 29.6 Å². The second-order valence-electron chi connectivity index (χ2n) is 10.1. The maximum atomic E-state index is 10.1. The zero-order chi connectivity index (χ0) is 27.6. The summed E-state index contributed by atoms with van der Waals surface area (Å²) in [7, 11) is 0. The van der Waals surface area contributed by atoms with Crippen molar-refractivity contribution in [3.05, 3.63) is 48.5 Å². The third-order valence-electron chi connectivity index (χ3n) is 5.64. The van der Waals surface area contributed by atoms with Gasteiger partial charge in [0.15, 0.2) is 23.0 Å². The number of hydrogen-bond acceptors (Lipinski definition) is 8. The molecule has 0 amide bonds. The average Bonchev–Trinajstić information content (AvgIpc) is 2.90. The zero-order valence-corrected chi connectivity index (χ0v) is 23.5. The topological polar surface area (TPSA) is 101 Å². The Bertz CT molecular complexity index is 808. The van der Waals surface area contributed by atoms with E-state index in [0.717, 1.165) is 25.7 Å². The fraction of sp³-hybridized carbons (Fsp3) is 0.600. The highest BCUT2D eigenvalue weighted by Gasteiger charge is 2.11. The minimum atomic E-state index is -0.579. The quantitative estimate of drug-likeness (QED) is 0.178. The maximum absolute atomic E-state index is 10.1. The van der Waals surface area contributed by atoms with Crippen LogP contribution >= 0.6 is 0 Å². The Balaban J connectivity index is 1.61. The molecule has 2 rings (SSSR count). The van der Waals surface area contributed by atoms with E-state index in [1.54, 1.807) is 0 Å². The van der Waals surface area contributed by atoms with Crippen LogP contribution in [0.25, 0.3) is 0 Å². The molecule has 38 heavy (non-hydrogen) atoms. The van der Waals surface area contributed by atoms with Crippen molar-refractivity contribution < 1.29 is 29.2 Å². The first-order valence-corrected chi connectivity index (χ1v) is 13.9. The summed E-state index contributed by atoms with van der Waals surface area (Å²) in [6.45, 7) is 10.8. The molecule has 2 atom stereocenters. The highest BCUT2D eigenvalue weighted by atomic mass is 16.5. The van der Waals surface area contributed by atoms with E-state index < -0.39 is 12.2 Å². The summed E-state index contributed by atoms with van der Waals surface area (Å²) in [5.41, 5.74) is 0. The molecule has 2 aromatic carbocycles. The Morgan fingerprint density at radius 1 is 0.553 bits per heavy atom. The summed E-state index contributed by atoms with van der Waals surface area (Å²) >= 11 is 0. The third kappa shape index (κ3) is 13.9. The molecular weight excluding hydrogens is 484 g/mol. The molecule has 8 nitrogen and oxygen atoms in total. The molecule has 0 unspecified atom stereocenters. The van der Waals surface area contributed by atoms with Crippen LogP contribution in [-0.4, -0.2) is 74.0 Å². The van der Waals surface area contributed by atoms with Gasteiger partial charge in [-0.25, -0.2) is 0 Å². The van der Waals surface area contributed by atoms with Gasteiger partial charge in [-0.15, -0.1) is 0 Å². The van der Waals surface area contributed by atoms with E-state index in [-0.39, 0.29) is 13.2 Å². The molecule has 8 heteroatoms. The van der Waals surface area contributed by atoms with E-state index in [4.69, 9.17) is 18.9 Å². The molecule has 0 saturated heterocycles. The molecule has 214 valence electrons. The number of hydrogen-bond donors (Lipinski definition) is 4. The third-order valence-corrected chi connectivity index (χ3v) is 5.64. The van der Waals surface area contributed by atoms with Gasteiger partial charge in [-0.2, -0.15) is 0 Å². The van der Waals surface area contributed by atoms with Crippen LogP contribution in [0.4, 0.5) is 0 Å². The first-order chi connectivity index (χ1) is 18.3. The van der Waals surface area contributed by atoms with E-state index in [9.17, 15) is 10.2 Å². The lowest BCUT2D eigenvalue weighted by molar-refractivity contribution is 0.102. The van der Waals surface area contributed by atoms with Gasteiger partial charge in [-0.05, 0) is 49.9 Å². The van der Waals surface area contributed by atoms with Crippen molar-refractivity contribution in [3.8, 4) is 23.0 Å². The lowest BCUT2D eigenvalue weighted by Crippen LogP contribution is -2.35. The molecule has 0 saturated carbocycles. The molecule has 4 N–H and O–H groups in total. The second kappa shape index (κ2) is 18.7. The first-order valence-electron chi connectivity index (χ1n) is 13.9. The van der Waals surface area contributed by atoms with Gasteiger partial charge in [-0.3, -0.25) is 0 Å². The second-order valence-corrected chi connectivity index (χ2v) is 10.1. The Morgan fingerprint density at radius 3 is 1.24 bits per heavy atom. The van der Waals surface area contributed by atoms with E-state index in [1.165, 1.54) is 0 Å². The number of nitrogens with one attached hydrogen (secondary N) is 2. The molecule has 0 fully saturated rings. The van der Waals surface area contributed by atoms with Crippen molar-refractivity contribution in [3.63, 3.8) is 0 Å². The van der Waals surface area contributed by atoms with E-state index >= 15 is 0 Å². The summed E-state index contributed by atoms with van der Waals surface area (Å²) in [6, 6.07) is 15.8. The fourth-order valence-corrected chi connectivity index (χ4v) is 3.53. The van der Waals surface area contributed by atoms with Gasteiger partial charge < -0.3 is 39.8 Å². The van der Waals surface area contributed by atoms with Crippen LogP contribution in [0.2, 0.25) is 0 Å². The standard InChI is InChI=1S/C30H48N2O6/c1-23(2)31-19-25(33)21-37-29-15-9-7-13-27(29)35-17-11-5-6-12-18-36-28-14-8-10-16-30(28)38-22-26(34)20-32-24(3)4/h7-10,13-16,23-26,31-34H,5-6,11-12,17-22H2,1-4H3/t25-,26+. The minimum Gasteiger partial charge on any atom is -0.490 e. The SMILES string of the molecule is CC(C)NC[C@@H](O)COc1ccccc1OCCCCCCOc1ccccc1OC[C@@H](O)CNC(C)C. The molecule has 0 radical (unpaired) electrons. The predicted octanol–water partition coefficient (Wildman–Crippen LogP) is 4.18. The van der Waals surface area contributed by atoms with Crippen LogP contribution in [0.15, 0.2) is 48.5 Å². The summed E-state index contributed by atoms with van der Waals surface area (Å²) in [5.74, 6) is 2.69. The molecule has 0 aliphatic rings. The van der Waals surface area contributed by atoms with Crippen molar-refractivity contribution in [2.24, 2.45) is 0 Å². The molecule has 0 aliphatic heterocycles. The summed E-state index contributed by atoms with van der Waals surface area (Å²) in [6.07, 6.45) is 2.75. The predicted molar refractivity (Wildman–Crippen MR) is 152 cm³/mol. The molecule has 0 aromatic heterocycles. The molecular formula is C30H48N2O6. The Labute approximate surface area is 228 Å². The highest BCUT2D eigenvalue weighted by Crippen LogP contribution is 2.28. The van der Waals surface area contributed by atoms with Crippen LogP contribution in [0.1, 0.15) is 53.4 Å². The highest BCUT2D eigenvalue weighted by molar-refractivity contribution is 5.40. The zero-order valence-electron chi connectivity index (χ0n) is 23.5. The Hall–Kier alpha value is -2.52. The smallest absolute Gasteiger partial charge is 0.161 e. The maximum Gasteiger partial charge on any atom is 0.161 e. The van der Waals surface area contributed by atoms with Crippen LogP contribution in [0, 0.1) is 0 Å². The monoisotopic (exact) mass is 532 g/mol. The molecule has 0 spiro atoms. The number of aliphatic hydroxyl groups excluding tert-OH is 2. The van der Waals surface area contributed by atoms with Crippen LogP contribution in [0.3, 0.4) is 0 Å². The molecule has 0 heterocycles. The van der Waals surface area contributed by atoms with Crippen LogP contribution in [0.5, 0.6) is 23.0 Å². The first kappa shape index (κ1) is 31.7. The van der Waals surface area contributed by atoms with E-state index in [1.807, 2.05) is 76.2 Å². The Kier molecular flexibility index (Phi) is 15.6. The molecule has 0 bridgehead atoms. The van der Waals surface area contributed by atoms with Crippen molar-refractivity contribution >= 4 is 0 Å². The van der Waals surface area contributed by atoms with Crippen molar-refractivity contribution in [1.29, 1.82) is 0 Å². The van der Waals surface area contributed by atoms with Gasteiger partial charge in [-0.1, -0.05) is 52.0 Å². The normalized spacial score (nSPS) is 12.9. The van der Waals surface area contributed by atoms with Gasteiger partial charge in [0.1, 0.15) is 25.4 Å². The number of unbranched alkanes of at least 4 members (excludes halogenated alkanes) is 3. The fourth-order valence-electron chi connectivity index (χ4n) is 3.53. The van der Waals surface area contributed by atoms with Crippen molar-refractivity contribution in [2.75, 3.05) is 39.5 Å². The number of aliphatic hydroxyl groups is 2. The Morgan fingerprint density at radius 2 is 0.895 bits per heavy atom. The molecule has 0 aliphatic carbocycles. The van der Waals surface area contributed by atoms with Gasteiger partial charge >= 0.3 is 0 Å². The minimum absolute atomic E-state index is 0.212. The lowest BCUT2D eigenvalue weighted by atomic mass is 10.2. The summed E-state index contributed by atoms with van der Waals surface area (Å²) < 4.78 is 23.5. The number of benzene rings is 2. The van der Waals surface area contributed by atoms with Gasteiger partial charge in [0.2, 0.25) is 0 Å². The number of para-hydroxylation sites is 4. The lowest BCUT2D eigenvalue weighted by Gasteiger charge is -2.17. The van der Waals surface area contributed by atoms with Gasteiger partial charge in [0, 0.05) is 25.2 Å². The van der Waals surface area contributed by atoms with Crippen molar-refractivity contribution in [1.82, 2.24) is 10.6 Å². The molecule has 2 aromatic rings. The summed E-state index contributed by atoms with van der Waals surface area (Å²) in [4.78, 5) is 0. The van der Waals surface area contributed by atoms with E-state index in [0.29, 0.717) is 61.4 Å².